The minimum atomic E-state index is -3.02. The molecule has 0 radical (unpaired) electrons. The van der Waals surface area contributed by atoms with Crippen LogP contribution in [0, 0.1) is 11.8 Å². The Labute approximate surface area is 146 Å². The molecular formula is C18H32N2O3S. The van der Waals surface area contributed by atoms with E-state index in [-0.39, 0.29) is 11.2 Å². The van der Waals surface area contributed by atoms with E-state index in [0.717, 1.165) is 38.0 Å². The molecule has 1 amide bonds. The van der Waals surface area contributed by atoms with Gasteiger partial charge < -0.3 is 5.32 Å². The van der Waals surface area contributed by atoms with Gasteiger partial charge in [-0.2, -0.15) is 0 Å². The molecule has 3 aliphatic rings. The summed E-state index contributed by atoms with van der Waals surface area (Å²) in [5.74, 6) is 1.35. The number of rotatable bonds is 7. The zero-order chi connectivity index (χ0) is 17.0. The van der Waals surface area contributed by atoms with Crippen LogP contribution in [0.2, 0.25) is 0 Å². The van der Waals surface area contributed by atoms with E-state index in [1.807, 2.05) is 0 Å². The predicted molar refractivity (Wildman–Crippen MR) is 95.1 cm³/mol. The highest BCUT2D eigenvalue weighted by Gasteiger charge is 2.41. The van der Waals surface area contributed by atoms with E-state index in [2.05, 4.69) is 5.32 Å². The van der Waals surface area contributed by atoms with Crippen molar-refractivity contribution < 1.29 is 13.2 Å². The molecule has 0 spiro atoms. The van der Waals surface area contributed by atoms with Crippen molar-refractivity contribution in [3.8, 4) is 0 Å². The number of nitrogens with zero attached hydrogens (tertiary/aromatic N) is 1. The summed E-state index contributed by atoms with van der Waals surface area (Å²) in [7, 11) is -3.02. The molecule has 0 aromatic carbocycles. The Morgan fingerprint density at radius 3 is 2.21 bits per heavy atom. The second kappa shape index (κ2) is 8.17. The van der Waals surface area contributed by atoms with Crippen LogP contribution >= 0.6 is 0 Å². The van der Waals surface area contributed by atoms with Crippen LogP contribution in [0.3, 0.4) is 0 Å². The number of sulfonamides is 1. The third-order valence-corrected chi connectivity index (χ3v) is 8.37. The van der Waals surface area contributed by atoms with Gasteiger partial charge >= 0.3 is 0 Å². The number of hydrogen-bond acceptors (Lipinski definition) is 3. The zero-order valence-electron chi connectivity index (χ0n) is 14.7. The maximum Gasteiger partial charge on any atom is 0.220 e. The standard InChI is InChI=1S/C18H32N2O3S/c21-18(9-6-15-4-2-1-3-5-15)19-14-16-10-12-20(13-11-16)24(22,23)17-7-8-17/h15-17H,1-14H2,(H,19,21). The Bertz CT molecular complexity index is 516. The fourth-order valence-corrected chi connectivity index (χ4v) is 5.98. The first-order valence-corrected chi connectivity index (χ1v) is 11.3. The van der Waals surface area contributed by atoms with Crippen molar-refractivity contribution >= 4 is 15.9 Å². The summed E-state index contributed by atoms with van der Waals surface area (Å²) in [6.45, 7) is 1.96. The monoisotopic (exact) mass is 356 g/mol. The highest BCUT2D eigenvalue weighted by atomic mass is 32.2. The third kappa shape index (κ3) is 4.94. The van der Waals surface area contributed by atoms with Crippen LogP contribution in [0.25, 0.3) is 0 Å². The van der Waals surface area contributed by atoms with Crippen LogP contribution in [-0.4, -0.2) is 43.5 Å². The predicted octanol–water partition coefficient (Wildman–Crippen LogP) is 2.67. The molecule has 5 nitrogen and oxygen atoms in total. The number of hydrogen-bond donors (Lipinski definition) is 1. The topological polar surface area (TPSA) is 66.5 Å². The molecule has 2 aliphatic carbocycles. The van der Waals surface area contributed by atoms with Gasteiger partial charge in [-0.25, -0.2) is 12.7 Å². The van der Waals surface area contributed by atoms with E-state index >= 15 is 0 Å². The SMILES string of the molecule is O=C(CCC1CCCCC1)NCC1CCN(S(=O)(=O)C2CC2)CC1. The lowest BCUT2D eigenvalue weighted by molar-refractivity contribution is -0.121. The van der Waals surface area contributed by atoms with Gasteiger partial charge in [0.05, 0.1) is 5.25 Å². The van der Waals surface area contributed by atoms with Gasteiger partial charge in [0.25, 0.3) is 0 Å². The van der Waals surface area contributed by atoms with Crippen molar-refractivity contribution in [3.63, 3.8) is 0 Å². The molecule has 2 saturated carbocycles. The molecule has 1 saturated heterocycles. The summed E-state index contributed by atoms with van der Waals surface area (Å²) in [6.07, 6.45) is 11.7. The summed E-state index contributed by atoms with van der Waals surface area (Å²) in [5.41, 5.74) is 0. The molecular weight excluding hydrogens is 324 g/mol. The summed E-state index contributed by atoms with van der Waals surface area (Å²) >= 11 is 0. The van der Waals surface area contributed by atoms with Crippen molar-refractivity contribution in [2.75, 3.05) is 19.6 Å². The second-order valence-electron chi connectivity index (χ2n) is 7.93. The van der Waals surface area contributed by atoms with Gasteiger partial charge in [-0.05, 0) is 43.9 Å². The van der Waals surface area contributed by atoms with E-state index in [1.165, 1.54) is 32.1 Å². The second-order valence-corrected chi connectivity index (χ2v) is 10.1. The Morgan fingerprint density at radius 2 is 1.58 bits per heavy atom. The third-order valence-electron chi connectivity index (χ3n) is 5.97. The minimum Gasteiger partial charge on any atom is -0.356 e. The zero-order valence-corrected chi connectivity index (χ0v) is 15.5. The fourth-order valence-electron chi connectivity index (χ4n) is 4.10. The Balaban J connectivity index is 1.30. The van der Waals surface area contributed by atoms with Crippen LogP contribution < -0.4 is 5.32 Å². The quantitative estimate of drug-likeness (QED) is 0.762. The van der Waals surface area contributed by atoms with Crippen molar-refractivity contribution in [3.05, 3.63) is 0 Å². The first-order valence-electron chi connectivity index (χ1n) is 9.81. The molecule has 0 bridgehead atoms. The normalized spacial score (nSPS) is 24.8. The molecule has 0 aromatic heterocycles. The van der Waals surface area contributed by atoms with Crippen LogP contribution in [0.4, 0.5) is 0 Å². The molecule has 6 heteroatoms. The van der Waals surface area contributed by atoms with Gasteiger partial charge in [0, 0.05) is 26.1 Å². The van der Waals surface area contributed by atoms with Gasteiger partial charge in [-0.3, -0.25) is 4.79 Å². The average Bonchev–Trinajstić information content (AvgIpc) is 3.45. The Kier molecular flexibility index (Phi) is 6.19. The number of amides is 1. The number of nitrogens with one attached hydrogen (secondary N) is 1. The molecule has 3 fully saturated rings. The first kappa shape index (κ1) is 18.2. The van der Waals surface area contributed by atoms with E-state index in [1.54, 1.807) is 4.31 Å². The van der Waals surface area contributed by atoms with Gasteiger partial charge in [-0.15, -0.1) is 0 Å². The molecule has 3 rings (SSSR count). The smallest absolute Gasteiger partial charge is 0.220 e. The molecule has 1 heterocycles. The van der Waals surface area contributed by atoms with Crippen LogP contribution in [0.5, 0.6) is 0 Å². The molecule has 0 atom stereocenters. The average molecular weight is 357 g/mol. The van der Waals surface area contributed by atoms with Crippen molar-refractivity contribution in [1.29, 1.82) is 0 Å². The van der Waals surface area contributed by atoms with Crippen molar-refractivity contribution in [2.45, 2.75) is 75.9 Å². The highest BCUT2D eigenvalue weighted by Crippen LogP contribution is 2.33. The lowest BCUT2D eigenvalue weighted by atomic mass is 9.86. The maximum atomic E-state index is 12.2. The number of carbonyl (C=O) groups is 1. The van der Waals surface area contributed by atoms with Crippen LogP contribution in [-0.2, 0) is 14.8 Å². The maximum absolute atomic E-state index is 12.2. The Morgan fingerprint density at radius 1 is 0.917 bits per heavy atom. The van der Waals surface area contributed by atoms with E-state index in [4.69, 9.17) is 0 Å². The summed E-state index contributed by atoms with van der Waals surface area (Å²) in [5, 5.41) is 2.97. The van der Waals surface area contributed by atoms with E-state index in [9.17, 15) is 13.2 Å². The van der Waals surface area contributed by atoms with Crippen LogP contribution in [0.1, 0.15) is 70.6 Å². The van der Waals surface area contributed by atoms with Crippen LogP contribution in [0.15, 0.2) is 0 Å². The summed E-state index contributed by atoms with van der Waals surface area (Å²) in [4.78, 5) is 12.0. The van der Waals surface area contributed by atoms with Gasteiger partial charge in [0.2, 0.25) is 15.9 Å². The number of piperidine rings is 1. The first-order chi connectivity index (χ1) is 11.6. The molecule has 1 aliphatic heterocycles. The molecule has 138 valence electrons. The van der Waals surface area contributed by atoms with Crippen molar-refractivity contribution in [2.24, 2.45) is 11.8 Å². The fraction of sp³-hybridized carbons (Fsp3) is 0.944. The highest BCUT2D eigenvalue weighted by molar-refractivity contribution is 7.90. The van der Waals surface area contributed by atoms with Gasteiger partial charge in [0.1, 0.15) is 0 Å². The number of carbonyl (C=O) groups excluding carboxylic acids is 1. The minimum absolute atomic E-state index is 0.103. The van der Waals surface area contributed by atoms with Crippen molar-refractivity contribution in [1.82, 2.24) is 9.62 Å². The van der Waals surface area contributed by atoms with E-state index < -0.39 is 10.0 Å². The molecule has 0 unspecified atom stereocenters. The summed E-state index contributed by atoms with van der Waals surface area (Å²) < 4.78 is 26.1. The Hall–Kier alpha value is -0.620. The summed E-state index contributed by atoms with van der Waals surface area (Å²) in [6, 6.07) is 0. The molecule has 0 aromatic rings. The largest absolute Gasteiger partial charge is 0.356 e. The van der Waals surface area contributed by atoms with E-state index in [0.29, 0.717) is 32.0 Å². The lowest BCUT2D eigenvalue weighted by Gasteiger charge is -2.31. The van der Waals surface area contributed by atoms with Gasteiger partial charge in [-0.1, -0.05) is 32.1 Å². The molecule has 1 N–H and O–H groups in total. The lowest BCUT2D eigenvalue weighted by Crippen LogP contribution is -2.42. The van der Waals surface area contributed by atoms with Gasteiger partial charge in [0.15, 0.2) is 0 Å². The molecule has 24 heavy (non-hydrogen) atoms.